The Labute approximate surface area is 212 Å². The molecule has 2 saturated heterocycles. The second-order valence-corrected chi connectivity index (χ2v) is 10.6. The zero-order chi connectivity index (χ0) is 26.2. The van der Waals surface area contributed by atoms with Gasteiger partial charge in [0, 0.05) is 37.5 Å². The highest BCUT2D eigenvalue weighted by Gasteiger charge is 2.31. The first-order valence-electron chi connectivity index (χ1n) is 11.9. The topological polar surface area (TPSA) is 116 Å². The number of nitrogens with zero attached hydrogens (tertiary/aromatic N) is 7. The molecule has 0 N–H and O–H groups in total. The third kappa shape index (κ3) is 4.88. The van der Waals surface area contributed by atoms with Crippen molar-refractivity contribution in [3.8, 4) is 11.7 Å². The number of methoxy groups -OCH3 is 1. The summed E-state index contributed by atoms with van der Waals surface area (Å²) in [4.78, 5) is 20.0. The van der Waals surface area contributed by atoms with Crippen molar-refractivity contribution in [2.45, 2.75) is 25.2 Å². The molecule has 14 heteroatoms. The maximum Gasteiger partial charge on any atom is 0.296 e. The van der Waals surface area contributed by atoms with Gasteiger partial charge in [-0.15, -0.1) is 0 Å². The lowest BCUT2D eigenvalue weighted by Gasteiger charge is -2.31. The fourth-order valence-electron chi connectivity index (χ4n) is 4.64. The van der Waals surface area contributed by atoms with Crippen LogP contribution in [-0.2, 0) is 14.8 Å². The van der Waals surface area contributed by atoms with Crippen molar-refractivity contribution in [1.82, 2.24) is 28.8 Å². The molecule has 37 heavy (non-hydrogen) atoms. The van der Waals surface area contributed by atoms with E-state index in [1.807, 2.05) is 4.90 Å². The summed E-state index contributed by atoms with van der Waals surface area (Å²) in [5, 5.41) is 0.940. The average molecular weight is 536 g/mol. The number of imidazole rings is 1. The largest absolute Gasteiger partial charge is 0.494 e. The van der Waals surface area contributed by atoms with Gasteiger partial charge in [-0.25, -0.2) is 22.2 Å². The van der Waals surface area contributed by atoms with Crippen LogP contribution in [0, 0.1) is 0 Å². The molecule has 0 amide bonds. The predicted octanol–water partition coefficient (Wildman–Crippen LogP) is 2.65. The molecule has 5 rings (SSSR count). The van der Waals surface area contributed by atoms with Crippen molar-refractivity contribution in [2.24, 2.45) is 0 Å². The number of fused-ring (bicyclic) bond motifs is 1. The molecule has 0 atom stereocenters. The summed E-state index contributed by atoms with van der Waals surface area (Å²) in [7, 11) is -2.08. The van der Waals surface area contributed by atoms with Crippen LogP contribution >= 0.6 is 0 Å². The lowest BCUT2D eigenvalue weighted by molar-refractivity contribution is 0.122. The number of hydrogen-bond acceptors (Lipinski definition) is 9. The Bertz CT molecular complexity index is 1400. The summed E-state index contributed by atoms with van der Waals surface area (Å²) in [5.74, 6) is 0.477. The first-order chi connectivity index (χ1) is 17.8. The summed E-state index contributed by atoms with van der Waals surface area (Å²) in [6.07, 6.45) is -1.95. The maximum absolute atomic E-state index is 14.2. The number of para-hydroxylation sites is 1. The number of rotatable bonds is 7. The SMILES string of the molecule is C=CS(=O)(=O)N1CCC(c2nc(N3CCOCC3)nc(-n3c(C(F)F)nc4c(OC)cccc43)n2)CC1. The second kappa shape index (κ2) is 10.3. The van der Waals surface area contributed by atoms with E-state index >= 15 is 0 Å². The van der Waals surface area contributed by atoms with Crippen LogP contribution in [0.15, 0.2) is 30.2 Å². The summed E-state index contributed by atoms with van der Waals surface area (Å²) < 4.78 is 66.2. The van der Waals surface area contributed by atoms with E-state index in [0.29, 0.717) is 62.2 Å². The maximum atomic E-state index is 14.2. The first-order valence-corrected chi connectivity index (χ1v) is 13.4. The number of ether oxygens (including phenoxy) is 2. The smallest absolute Gasteiger partial charge is 0.296 e. The Morgan fingerprint density at radius 1 is 1.08 bits per heavy atom. The van der Waals surface area contributed by atoms with Crippen molar-refractivity contribution in [2.75, 3.05) is 51.4 Å². The van der Waals surface area contributed by atoms with Crippen molar-refractivity contribution in [3.05, 3.63) is 41.8 Å². The van der Waals surface area contributed by atoms with E-state index in [-0.39, 0.29) is 30.5 Å². The molecule has 11 nitrogen and oxygen atoms in total. The molecule has 0 radical (unpaired) electrons. The Kier molecular flexibility index (Phi) is 7.05. The molecule has 0 spiro atoms. The third-order valence-electron chi connectivity index (χ3n) is 6.60. The molecule has 2 aliphatic heterocycles. The Morgan fingerprint density at radius 3 is 2.43 bits per heavy atom. The number of sulfonamides is 1. The highest BCUT2D eigenvalue weighted by atomic mass is 32.2. The van der Waals surface area contributed by atoms with Gasteiger partial charge >= 0.3 is 0 Å². The molecule has 1 aromatic carbocycles. The normalized spacial score (nSPS) is 18.0. The highest BCUT2D eigenvalue weighted by Crippen LogP contribution is 2.33. The molecular formula is C23H27F2N7O4S. The van der Waals surface area contributed by atoms with E-state index in [1.165, 1.54) is 16.0 Å². The van der Waals surface area contributed by atoms with Crippen molar-refractivity contribution in [3.63, 3.8) is 0 Å². The molecule has 2 fully saturated rings. The monoisotopic (exact) mass is 535 g/mol. The van der Waals surface area contributed by atoms with Gasteiger partial charge < -0.3 is 14.4 Å². The van der Waals surface area contributed by atoms with Gasteiger partial charge in [-0.3, -0.25) is 4.57 Å². The van der Waals surface area contributed by atoms with Crippen molar-refractivity contribution >= 4 is 27.0 Å². The molecule has 0 aliphatic carbocycles. The van der Waals surface area contributed by atoms with Crippen LogP contribution in [0.4, 0.5) is 14.7 Å². The molecule has 2 aliphatic rings. The Hall–Kier alpha value is -3.23. The number of morpholine rings is 1. The number of alkyl halides is 2. The number of anilines is 1. The zero-order valence-electron chi connectivity index (χ0n) is 20.3. The van der Waals surface area contributed by atoms with Crippen LogP contribution in [-0.4, -0.2) is 83.7 Å². The summed E-state index contributed by atoms with van der Waals surface area (Å²) in [6.45, 7) is 6.00. The number of piperidine rings is 1. The fourth-order valence-corrected chi connectivity index (χ4v) is 5.57. The summed E-state index contributed by atoms with van der Waals surface area (Å²) in [6, 6.07) is 5.00. The van der Waals surface area contributed by atoms with E-state index in [1.54, 1.807) is 18.2 Å². The van der Waals surface area contributed by atoms with E-state index in [0.717, 1.165) is 5.41 Å². The Balaban J connectivity index is 1.61. The lowest BCUT2D eigenvalue weighted by Crippen LogP contribution is -2.39. The van der Waals surface area contributed by atoms with Gasteiger partial charge in [-0.05, 0) is 25.0 Å². The molecule has 2 aromatic heterocycles. The number of aromatic nitrogens is 5. The number of hydrogen-bond donors (Lipinski definition) is 0. The van der Waals surface area contributed by atoms with Crippen LogP contribution in [0.5, 0.6) is 5.75 Å². The number of benzene rings is 1. The third-order valence-corrected chi connectivity index (χ3v) is 8.11. The van der Waals surface area contributed by atoms with Gasteiger partial charge in [-0.1, -0.05) is 12.6 Å². The average Bonchev–Trinajstić information content (AvgIpc) is 3.34. The van der Waals surface area contributed by atoms with Gasteiger partial charge in [0.05, 0.1) is 25.8 Å². The molecule has 0 saturated carbocycles. The van der Waals surface area contributed by atoms with Gasteiger partial charge in [0.25, 0.3) is 6.43 Å². The molecule has 198 valence electrons. The van der Waals surface area contributed by atoms with Gasteiger partial charge in [-0.2, -0.15) is 19.3 Å². The van der Waals surface area contributed by atoms with E-state index < -0.39 is 22.3 Å². The minimum Gasteiger partial charge on any atom is -0.494 e. The van der Waals surface area contributed by atoms with Crippen molar-refractivity contribution < 1.29 is 26.7 Å². The number of halogens is 2. The molecule has 4 heterocycles. The summed E-state index contributed by atoms with van der Waals surface area (Å²) >= 11 is 0. The quantitative estimate of drug-likeness (QED) is 0.450. The zero-order valence-corrected chi connectivity index (χ0v) is 21.1. The van der Waals surface area contributed by atoms with Crippen LogP contribution in [0.25, 0.3) is 17.0 Å². The standard InChI is InChI=1S/C23H27F2N7O4S/c1-3-37(33,34)31-9-7-15(8-10-31)20-27-22(30-11-13-36-14-12-30)29-23(28-20)32-16-5-4-6-17(35-2)18(16)26-21(32)19(24)25/h3-6,15,19H,1,7-14H2,2H3. The summed E-state index contributed by atoms with van der Waals surface area (Å²) in [5.41, 5.74) is 0.657. The molecular weight excluding hydrogens is 508 g/mol. The van der Waals surface area contributed by atoms with Crippen LogP contribution in [0.1, 0.15) is 36.8 Å². The minimum absolute atomic E-state index is 0.0266. The van der Waals surface area contributed by atoms with E-state index in [4.69, 9.17) is 14.5 Å². The minimum atomic E-state index is -3.53. The van der Waals surface area contributed by atoms with Gasteiger partial charge in [0.2, 0.25) is 21.9 Å². The van der Waals surface area contributed by atoms with E-state index in [9.17, 15) is 17.2 Å². The Morgan fingerprint density at radius 2 is 1.78 bits per heavy atom. The van der Waals surface area contributed by atoms with Crippen LogP contribution in [0.2, 0.25) is 0 Å². The second-order valence-electron chi connectivity index (χ2n) is 8.71. The van der Waals surface area contributed by atoms with Gasteiger partial charge in [0.15, 0.2) is 5.82 Å². The predicted molar refractivity (Wildman–Crippen MR) is 132 cm³/mol. The molecule has 0 bridgehead atoms. The van der Waals surface area contributed by atoms with E-state index in [2.05, 4.69) is 21.5 Å². The first kappa shape index (κ1) is 25.4. The van der Waals surface area contributed by atoms with Crippen LogP contribution < -0.4 is 9.64 Å². The van der Waals surface area contributed by atoms with Gasteiger partial charge in [0.1, 0.15) is 17.1 Å². The van der Waals surface area contributed by atoms with Crippen molar-refractivity contribution in [1.29, 1.82) is 0 Å². The molecule has 3 aromatic rings. The molecule has 0 unspecified atom stereocenters. The fraction of sp³-hybridized carbons (Fsp3) is 0.478. The van der Waals surface area contributed by atoms with Crippen LogP contribution in [0.3, 0.4) is 0 Å². The lowest BCUT2D eigenvalue weighted by atomic mass is 9.97. The highest BCUT2D eigenvalue weighted by molar-refractivity contribution is 7.92.